The Kier molecular flexibility index (Phi) is 65.1. The second kappa shape index (κ2) is 67.6. The molecule has 460 valence electrons. The molecule has 0 amide bonds. The molecule has 0 radical (unpaired) electrons. The lowest BCUT2D eigenvalue weighted by atomic mass is 10.0. The number of allylic oxidation sites excluding steroid dienone is 10. The minimum absolute atomic E-state index is 0.0767. The molecule has 1 atom stereocenters. The summed E-state index contributed by atoms with van der Waals surface area (Å²) in [5.74, 6) is -0.872. The van der Waals surface area contributed by atoms with Crippen LogP contribution in [0.1, 0.15) is 367 Å². The predicted octanol–water partition coefficient (Wildman–Crippen LogP) is 23.9. The molecule has 0 fully saturated rings. The van der Waals surface area contributed by atoms with Gasteiger partial charge in [0.15, 0.2) is 6.10 Å². The molecule has 0 rings (SSSR count). The molecule has 6 nitrogen and oxygen atoms in total. The zero-order chi connectivity index (χ0) is 57.1. The summed E-state index contributed by atoms with van der Waals surface area (Å²) in [7, 11) is 0. The van der Waals surface area contributed by atoms with Gasteiger partial charge in [-0.3, -0.25) is 14.4 Å². The number of esters is 3. The summed E-state index contributed by atoms with van der Waals surface area (Å²) < 4.78 is 17.0. The number of unbranched alkanes of at least 4 members (excludes halogenated alkanes) is 43. The van der Waals surface area contributed by atoms with Crippen LogP contribution >= 0.6 is 0 Å². The zero-order valence-electron chi connectivity index (χ0n) is 52.9. The van der Waals surface area contributed by atoms with E-state index in [1.54, 1.807) is 0 Å². The van der Waals surface area contributed by atoms with Crippen molar-refractivity contribution >= 4 is 17.9 Å². The number of ether oxygens (including phenoxy) is 3. The van der Waals surface area contributed by atoms with Crippen molar-refractivity contribution in [2.75, 3.05) is 13.2 Å². The fourth-order valence-corrected chi connectivity index (χ4v) is 10.2. The van der Waals surface area contributed by atoms with E-state index in [4.69, 9.17) is 14.2 Å². The lowest BCUT2D eigenvalue weighted by molar-refractivity contribution is -0.167. The van der Waals surface area contributed by atoms with Crippen molar-refractivity contribution in [3.05, 3.63) is 60.8 Å². The summed E-state index contributed by atoms with van der Waals surface area (Å²) in [4.78, 5) is 38.4. The third-order valence-electron chi connectivity index (χ3n) is 15.5. The molecule has 0 bridgehead atoms. The molecule has 6 heteroatoms. The van der Waals surface area contributed by atoms with Crippen LogP contribution in [-0.2, 0) is 28.6 Å². The molecule has 0 saturated carbocycles. The van der Waals surface area contributed by atoms with Crippen LogP contribution in [0, 0.1) is 0 Å². The number of rotatable bonds is 64. The minimum Gasteiger partial charge on any atom is -0.462 e. The van der Waals surface area contributed by atoms with Gasteiger partial charge in [0.2, 0.25) is 0 Å². The fourth-order valence-electron chi connectivity index (χ4n) is 10.2. The Morgan fingerprint density at radius 3 is 0.734 bits per heavy atom. The Hall–Kier alpha value is -2.89. The average Bonchev–Trinajstić information content (AvgIpc) is 3.45. The Bertz CT molecular complexity index is 1410. The van der Waals surface area contributed by atoms with E-state index in [1.807, 2.05) is 0 Å². The lowest BCUT2D eigenvalue weighted by Crippen LogP contribution is -2.30. The van der Waals surface area contributed by atoms with Crippen molar-refractivity contribution in [1.82, 2.24) is 0 Å². The Balaban J connectivity index is 4.28. The van der Waals surface area contributed by atoms with Gasteiger partial charge >= 0.3 is 17.9 Å². The van der Waals surface area contributed by atoms with Gasteiger partial charge in [0.25, 0.3) is 0 Å². The molecule has 0 aromatic rings. The highest BCUT2D eigenvalue weighted by molar-refractivity contribution is 5.71. The van der Waals surface area contributed by atoms with Crippen molar-refractivity contribution in [3.63, 3.8) is 0 Å². The Labute approximate surface area is 491 Å². The fraction of sp³-hybridized carbons (Fsp3) is 0.822. The van der Waals surface area contributed by atoms with Gasteiger partial charge in [-0.1, -0.05) is 300 Å². The van der Waals surface area contributed by atoms with Gasteiger partial charge in [-0.2, -0.15) is 0 Å². The molecule has 79 heavy (non-hydrogen) atoms. The van der Waals surface area contributed by atoms with E-state index in [-0.39, 0.29) is 31.1 Å². The minimum atomic E-state index is -0.782. The standard InChI is InChI=1S/C73H132O6/c1-4-7-10-13-16-19-22-25-28-30-32-33-34-35-36-37-38-39-41-42-45-48-51-54-57-60-63-66-72(75)78-69-70(68-77-71(74)65-62-59-56-53-50-47-44-27-24-21-18-15-12-9-6-3)79-73(76)67-64-61-58-55-52-49-46-43-40-31-29-26-23-20-17-14-11-8-5-2/h18,21-22,25-27,29-30,32,44,70H,4-17,19-20,23-24,28,31,33-43,45-69H2,1-3H3/b21-18-,25-22-,29-26-,32-30-,44-27-. The molecule has 0 aliphatic heterocycles. The Morgan fingerprint density at radius 2 is 0.456 bits per heavy atom. The summed E-state index contributed by atoms with van der Waals surface area (Å²) in [6, 6.07) is 0. The lowest BCUT2D eigenvalue weighted by Gasteiger charge is -2.18. The van der Waals surface area contributed by atoms with Gasteiger partial charge in [0.1, 0.15) is 13.2 Å². The van der Waals surface area contributed by atoms with E-state index >= 15 is 0 Å². The maximum atomic E-state index is 12.9. The summed E-state index contributed by atoms with van der Waals surface area (Å²) in [6.45, 7) is 6.64. The summed E-state index contributed by atoms with van der Waals surface area (Å²) in [5.41, 5.74) is 0. The van der Waals surface area contributed by atoms with E-state index in [0.717, 1.165) is 83.5 Å². The molecule has 0 saturated heterocycles. The Morgan fingerprint density at radius 1 is 0.253 bits per heavy atom. The molecule has 0 aliphatic carbocycles. The molecule has 0 spiro atoms. The van der Waals surface area contributed by atoms with Gasteiger partial charge in [-0.15, -0.1) is 0 Å². The normalized spacial score (nSPS) is 12.4. The molecule has 0 aromatic carbocycles. The molecule has 1 unspecified atom stereocenters. The number of carbonyl (C=O) groups excluding carboxylic acids is 3. The largest absolute Gasteiger partial charge is 0.462 e. The molecule has 0 aliphatic rings. The highest BCUT2D eigenvalue weighted by Gasteiger charge is 2.19. The topological polar surface area (TPSA) is 78.9 Å². The second-order valence-corrected chi connectivity index (χ2v) is 23.4. The number of carbonyl (C=O) groups is 3. The van der Waals surface area contributed by atoms with Crippen molar-refractivity contribution in [1.29, 1.82) is 0 Å². The third kappa shape index (κ3) is 65.8. The first-order valence-corrected chi connectivity index (χ1v) is 34.8. The van der Waals surface area contributed by atoms with Gasteiger partial charge in [0, 0.05) is 19.3 Å². The molecular formula is C73H132O6. The van der Waals surface area contributed by atoms with Crippen molar-refractivity contribution in [3.8, 4) is 0 Å². The van der Waals surface area contributed by atoms with Crippen LogP contribution in [0.15, 0.2) is 60.8 Å². The third-order valence-corrected chi connectivity index (χ3v) is 15.5. The average molecular weight is 1110 g/mol. The van der Waals surface area contributed by atoms with Crippen LogP contribution < -0.4 is 0 Å². The van der Waals surface area contributed by atoms with E-state index in [9.17, 15) is 14.4 Å². The predicted molar refractivity (Wildman–Crippen MR) is 344 cm³/mol. The number of hydrogen-bond acceptors (Lipinski definition) is 6. The highest BCUT2D eigenvalue weighted by atomic mass is 16.6. The van der Waals surface area contributed by atoms with E-state index < -0.39 is 6.10 Å². The summed E-state index contributed by atoms with van der Waals surface area (Å²) in [6.07, 6.45) is 86.7. The van der Waals surface area contributed by atoms with Crippen LogP contribution in [0.5, 0.6) is 0 Å². The van der Waals surface area contributed by atoms with Crippen molar-refractivity contribution in [2.45, 2.75) is 374 Å². The maximum absolute atomic E-state index is 12.9. The van der Waals surface area contributed by atoms with Crippen LogP contribution in [0.3, 0.4) is 0 Å². The monoisotopic (exact) mass is 1110 g/mol. The first-order valence-electron chi connectivity index (χ1n) is 34.8. The smallest absolute Gasteiger partial charge is 0.306 e. The van der Waals surface area contributed by atoms with Gasteiger partial charge < -0.3 is 14.2 Å². The summed E-state index contributed by atoms with van der Waals surface area (Å²) >= 11 is 0. The second-order valence-electron chi connectivity index (χ2n) is 23.4. The van der Waals surface area contributed by atoms with Gasteiger partial charge in [-0.05, 0) is 109 Å². The van der Waals surface area contributed by atoms with Crippen molar-refractivity contribution < 1.29 is 28.6 Å². The van der Waals surface area contributed by atoms with Crippen LogP contribution in [0.4, 0.5) is 0 Å². The highest BCUT2D eigenvalue weighted by Crippen LogP contribution is 2.17. The zero-order valence-corrected chi connectivity index (χ0v) is 52.9. The van der Waals surface area contributed by atoms with E-state index in [2.05, 4.69) is 81.5 Å². The van der Waals surface area contributed by atoms with E-state index in [1.165, 1.54) is 244 Å². The summed E-state index contributed by atoms with van der Waals surface area (Å²) in [5, 5.41) is 0. The van der Waals surface area contributed by atoms with Gasteiger partial charge in [0.05, 0.1) is 0 Å². The molecule has 0 aromatic heterocycles. The van der Waals surface area contributed by atoms with Crippen molar-refractivity contribution in [2.24, 2.45) is 0 Å². The van der Waals surface area contributed by atoms with Gasteiger partial charge in [-0.25, -0.2) is 0 Å². The first kappa shape index (κ1) is 76.1. The van der Waals surface area contributed by atoms with Crippen LogP contribution in [0.25, 0.3) is 0 Å². The first-order chi connectivity index (χ1) is 39.0. The maximum Gasteiger partial charge on any atom is 0.306 e. The number of hydrogen-bond donors (Lipinski definition) is 0. The molecule has 0 N–H and O–H groups in total. The SMILES string of the molecule is CCCCC/C=C\C/C=C\CCCCCCCC(=O)OCC(COC(=O)CCCCCCCCCCCCCCCCC/C=C\C/C=C\CCCCCCC)OC(=O)CCCCCCCCCCC/C=C\CCCCCCCC. The van der Waals surface area contributed by atoms with E-state index in [0.29, 0.717) is 19.3 Å². The molecule has 0 heterocycles. The quantitative estimate of drug-likeness (QED) is 0.0261. The van der Waals surface area contributed by atoms with Crippen LogP contribution in [0.2, 0.25) is 0 Å². The van der Waals surface area contributed by atoms with Crippen LogP contribution in [-0.4, -0.2) is 37.2 Å². The molecular weight excluding hydrogens is 973 g/mol.